The van der Waals surface area contributed by atoms with Gasteiger partial charge in [0.15, 0.2) is 0 Å². The summed E-state index contributed by atoms with van der Waals surface area (Å²) in [6, 6.07) is 179. The van der Waals surface area contributed by atoms with Crippen LogP contribution in [-0.2, 0) is 0 Å². The van der Waals surface area contributed by atoms with Crippen molar-refractivity contribution in [1.29, 1.82) is 0 Å². The van der Waals surface area contributed by atoms with E-state index in [2.05, 4.69) is 521 Å². The maximum absolute atomic E-state index is 4.39. The molecule has 0 saturated heterocycles. The molecule has 6 aliphatic rings. The number of hydrogen-bond donors (Lipinski definition) is 0. The number of nitrogens with zero attached hydrogens (tertiary/aromatic N) is 6. The van der Waals surface area contributed by atoms with Crippen LogP contribution in [0, 0.1) is 13.8 Å². The van der Waals surface area contributed by atoms with Gasteiger partial charge in [-0.15, -0.1) is 0 Å². The van der Waals surface area contributed by atoms with Crippen LogP contribution in [0.4, 0.5) is 34.1 Å². The summed E-state index contributed by atoms with van der Waals surface area (Å²) in [6.07, 6.45) is 5.70. The molecule has 0 N–H and O–H groups in total. The number of anilines is 6. The minimum atomic E-state index is 0.0265. The van der Waals surface area contributed by atoms with E-state index in [4.69, 9.17) is 0 Å². The zero-order valence-corrected chi connectivity index (χ0v) is 77.8. The molecule has 0 bridgehead atoms. The largest absolute Gasteiger partial charge is 0.376 e. The van der Waals surface area contributed by atoms with Crippen molar-refractivity contribution in [2.24, 2.45) is 0 Å². The molecule has 0 radical (unpaired) electrons. The van der Waals surface area contributed by atoms with Crippen molar-refractivity contribution in [3.8, 4) is 161 Å². The highest BCUT2D eigenvalue weighted by atomic mass is 15.1. The lowest BCUT2D eigenvalue weighted by molar-refractivity contribution is 1.18. The first-order valence-electron chi connectivity index (χ1n) is 48.9. The van der Waals surface area contributed by atoms with Gasteiger partial charge >= 0.3 is 20.5 Å². The summed E-state index contributed by atoms with van der Waals surface area (Å²) >= 11 is 0. The zero-order valence-electron chi connectivity index (χ0n) is 77.8. The van der Waals surface area contributed by atoms with Crippen LogP contribution < -0.4 is 47.2 Å². The fourth-order valence-electron chi connectivity index (χ4n) is 23.4. The average molecular weight is 1790 g/mol. The zero-order chi connectivity index (χ0) is 93.3. The van der Waals surface area contributed by atoms with Crippen LogP contribution >= 0.6 is 0 Å². The third-order valence-corrected chi connectivity index (χ3v) is 29.9. The molecule has 3 aromatic heterocycles. The number of benzene rings is 20. The number of rotatable bonds is 9. The van der Waals surface area contributed by atoms with Gasteiger partial charge in [-0.3, -0.25) is 9.97 Å². The van der Waals surface area contributed by atoms with E-state index in [0.717, 1.165) is 5.69 Å². The van der Waals surface area contributed by atoms with Crippen LogP contribution in [0.1, 0.15) is 11.3 Å². The molecule has 6 aliphatic heterocycles. The van der Waals surface area contributed by atoms with Gasteiger partial charge in [0.2, 0.25) is 0 Å². The predicted molar refractivity (Wildman–Crippen MR) is 596 cm³/mol. The molecular formula is C132H89B3N6. The van der Waals surface area contributed by atoms with E-state index in [1.54, 1.807) is 0 Å². The standard InChI is InChI=1S/2C48H33BN2.C36H23BN2/c1-32-28-40(26-27-50-32)36-18-16-35(17-19-36)39-20-23-42-44-30-38(34-12-6-3-7-13-34)22-25-48(44)51-47-24-21-37(33-10-4-2-5-11-33)29-43(47)41-14-8-9-15-45(41)49(51)46(42)31-39;1-32-26-27-50-31-44(32)36-18-16-35(17-19-36)39-20-23-41-43-29-38(34-12-6-3-7-13-34)22-25-48(43)51-47-24-21-37(33-10-4-2-5-11-33)28-42(47)40-14-8-9-15-45(40)49(51)46(41)30-39;1-6-16-31-25(11-1)27-13-5-10-20-35(27)39-36-22-21-24(23-30(36)26-12-2-7-17-32(26)37(31)39)38-33-18-8-3-14-28(33)29-15-4-9-19-34(29)38/h2*2-31H,1H3;1-23H. The summed E-state index contributed by atoms with van der Waals surface area (Å²) in [6.45, 7) is 4.38. The van der Waals surface area contributed by atoms with E-state index in [1.165, 1.54) is 256 Å². The summed E-state index contributed by atoms with van der Waals surface area (Å²) < 4.78 is 2.42. The van der Waals surface area contributed by atoms with E-state index < -0.39 is 0 Å². The molecule has 0 unspecified atom stereocenters. The number of pyridine rings is 2. The molecule has 0 aliphatic carbocycles. The van der Waals surface area contributed by atoms with Crippen molar-refractivity contribution in [3.05, 3.63) is 515 Å². The Morgan fingerprint density at radius 2 is 0.475 bits per heavy atom. The normalized spacial score (nSPS) is 12.5. The highest BCUT2D eigenvalue weighted by Gasteiger charge is 2.47. The van der Waals surface area contributed by atoms with Gasteiger partial charge in [0.05, 0.1) is 11.0 Å². The Morgan fingerprint density at radius 1 is 0.184 bits per heavy atom. The van der Waals surface area contributed by atoms with Gasteiger partial charge in [0.1, 0.15) is 0 Å². The quantitative estimate of drug-likeness (QED) is 0.135. The van der Waals surface area contributed by atoms with Crippen LogP contribution in [-0.4, -0.2) is 35.1 Å². The number of para-hydroxylation sites is 3. The molecule has 23 aromatic rings. The Hall–Kier alpha value is -17.9. The smallest absolute Gasteiger partial charge is 0.329 e. The van der Waals surface area contributed by atoms with Gasteiger partial charge in [-0.2, -0.15) is 0 Å². The van der Waals surface area contributed by atoms with Crippen LogP contribution in [0.3, 0.4) is 0 Å². The first-order valence-corrected chi connectivity index (χ1v) is 48.9. The molecule has 0 spiro atoms. The maximum Gasteiger partial charge on any atom is 0.329 e. The Bertz CT molecular complexity index is 8870. The second-order valence-corrected chi connectivity index (χ2v) is 37.8. The molecular weight excluding hydrogens is 1700 g/mol. The van der Waals surface area contributed by atoms with Crippen molar-refractivity contribution in [2.45, 2.75) is 13.8 Å². The minimum absolute atomic E-state index is 0.0265. The third kappa shape index (κ3) is 14.0. The first-order chi connectivity index (χ1) is 69.8. The lowest BCUT2D eigenvalue weighted by Gasteiger charge is -2.43. The van der Waals surface area contributed by atoms with Gasteiger partial charge in [-0.1, -0.05) is 382 Å². The van der Waals surface area contributed by atoms with E-state index in [-0.39, 0.29) is 20.5 Å². The summed E-state index contributed by atoms with van der Waals surface area (Å²) in [4.78, 5) is 16.5. The van der Waals surface area contributed by atoms with Crippen LogP contribution in [0.5, 0.6) is 0 Å². The Balaban J connectivity index is 0.000000107. The van der Waals surface area contributed by atoms with E-state index in [0.29, 0.717) is 0 Å². The number of fused-ring (bicyclic) bond motifs is 36. The van der Waals surface area contributed by atoms with Crippen molar-refractivity contribution in [3.63, 3.8) is 0 Å². The molecule has 656 valence electrons. The van der Waals surface area contributed by atoms with E-state index in [9.17, 15) is 0 Å². The summed E-state index contributed by atoms with van der Waals surface area (Å²) in [5, 5.41) is 2.57. The summed E-state index contributed by atoms with van der Waals surface area (Å²) in [5.74, 6) is 0. The lowest BCUT2D eigenvalue weighted by atomic mass is 9.43. The molecule has 20 aromatic carbocycles. The van der Waals surface area contributed by atoms with Gasteiger partial charge in [-0.05, 0) is 272 Å². The second-order valence-electron chi connectivity index (χ2n) is 37.8. The third-order valence-electron chi connectivity index (χ3n) is 29.9. The SMILES string of the molecule is Cc1cc(-c2ccc(-c3ccc4c(c3)B3c5ccccc5-c5cc(-c6ccccc6)ccc5N3c3ccc(-c5ccccc5)cc3-4)cc2)ccn1.Cc1ccncc1-c1ccc(-c2ccc3c(c2)B2c4ccccc4-c4cc(-c5ccccc5)ccc4N2c2ccc(-c4ccccc4)cc2-3)cc1.c1ccc2c(c1)B1c3ccccc3-c3cc(-n4c5ccccc5c5ccccc54)ccc3N1c1ccccc1-2. The predicted octanol–water partition coefficient (Wildman–Crippen LogP) is 29.6. The highest BCUT2D eigenvalue weighted by Crippen LogP contribution is 2.53. The molecule has 9 heterocycles. The Labute approximate surface area is 822 Å². The van der Waals surface area contributed by atoms with Crippen molar-refractivity contribution in [2.75, 3.05) is 14.4 Å². The van der Waals surface area contributed by atoms with Gasteiger partial charge < -0.3 is 19.0 Å². The topological polar surface area (TPSA) is 40.4 Å². The lowest BCUT2D eigenvalue weighted by Crippen LogP contribution is -2.59. The Kier molecular flexibility index (Phi) is 20.0. The second kappa shape index (κ2) is 34.1. The molecule has 141 heavy (non-hydrogen) atoms. The van der Waals surface area contributed by atoms with E-state index in [1.807, 2.05) is 25.5 Å². The molecule has 0 fully saturated rings. The van der Waals surface area contributed by atoms with Gasteiger partial charge in [-0.25, -0.2) is 0 Å². The monoisotopic (exact) mass is 1790 g/mol. The van der Waals surface area contributed by atoms with Gasteiger partial charge in [0, 0.05) is 114 Å². The van der Waals surface area contributed by atoms with Crippen molar-refractivity contribution in [1.82, 2.24) is 14.5 Å². The fourth-order valence-corrected chi connectivity index (χ4v) is 23.4. The highest BCUT2D eigenvalue weighted by molar-refractivity contribution is 6.94. The first kappa shape index (κ1) is 82.5. The molecule has 0 atom stereocenters. The maximum atomic E-state index is 4.39. The average Bonchev–Trinajstić information content (AvgIpc) is 1.42. The summed E-state index contributed by atoms with van der Waals surface area (Å²) in [5.41, 5.74) is 56.2. The Morgan fingerprint density at radius 3 is 0.879 bits per heavy atom. The molecule has 0 saturated carbocycles. The molecule has 0 amide bonds. The number of aromatic nitrogens is 3. The van der Waals surface area contributed by atoms with Crippen LogP contribution in [0.25, 0.3) is 183 Å². The van der Waals surface area contributed by atoms with Crippen molar-refractivity contribution < 1.29 is 0 Å². The number of aryl methyl sites for hydroxylation is 2. The molecule has 6 nitrogen and oxygen atoms in total. The van der Waals surface area contributed by atoms with Gasteiger partial charge in [0.25, 0.3) is 0 Å². The fraction of sp³-hybridized carbons (Fsp3) is 0.0152. The van der Waals surface area contributed by atoms with Crippen LogP contribution in [0.2, 0.25) is 0 Å². The van der Waals surface area contributed by atoms with Crippen molar-refractivity contribution >= 4 is 109 Å². The molecule has 9 heteroatoms. The summed E-state index contributed by atoms with van der Waals surface area (Å²) in [7, 11) is 0. The minimum Gasteiger partial charge on any atom is -0.376 e. The van der Waals surface area contributed by atoms with E-state index >= 15 is 0 Å². The number of hydrogen-bond acceptors (Lipinski definition) is 5. The van der Waals surface area contributed by atoms with Crippen LogP contribution in [0.15, 0.2) is 504 Å². The molecule has 29 rings (SSSR count).